The van der Waals surface area contributed by atoms with E-state index in [1.165, 1.54) is 31.1 Å². The fourth-order valence-corrected chi connectivity index (χ4v) is 13.8. The number of benzene rings is 1. The second-order valence-electron chi connectivity index (χ2n) is 22.5. The van der Waals surface area contributed by atoms with Gasteiger partial charge < -0.3 is 82.3 Å². The lowest BCUT2D eigenvalue weighted by atomic mass is 9.93. The van der Waals surface area contributed by atoms with E-state index in [4.69, 9.17) is 10.5 Å². The van der Waals surface area contributed by atoms with E-state index in [1.54, 1.807) is 42.6 Å². The predicted octanol–water partition coefficient (Wildman–Crippen LogP) is -3.91. The minimum atomic E-state index is -2.45. The minimum Gasteiger partial charge on any atom is -0.610 e. The van der Waals surface area contributed by atoms with Gasteiger partial charge in [0.15, 0.2) is 6.04 Å². The summed E-state index contributed by atoms with van der Waals surface area (Å²) in [5.74, 6) is -12.1. The van der Waals surface area contributed by atoms with Crippen LogP contribution in [0.25, 0.3) is 10.9 Å². The van der Waals surface area contributed by atoms with Gasteiger partial charge in [0, 0.05) is 102 Å². The Bertz CT molecular complexity index is 2970. The maximum Gasteiger partial charge on any atom is 0.253 e. The third-order valence-corrected chi connectivity index (χ3v) is 19.3. The Hall–Kier alpha value is -7.32. The molecule has 0 radical (unpaired) electrons. The Labute approximate surface area is 508 Å². The number of hydrogen-bond donors (Lipinski definition) is 12. The summed E-state index contributed by atoms with van der Waals surface area (Å²) in [5.41, 5.74) is 6.61. The number of carbonyl (C=O) groups is 12. The van der Waals surface area contributed by atoms with Gasteiger partial charge >= 0.3 is 0 Å². The van der Waals surface area contributed by atoms with Gasteiger partial charge in [-0.2, -0.15) is 11.8 Å². The largest absolute Gasteiger partial charge is 0.610 e. The summed E-state index contributed by atoms with van der Waals surface area (Å²) < 4.78 is 21.3. The van der Waals surface area contributed by atoms with Crippen molar-refractivity contribution in [1.82, 2.24) is 56.9 Å². The molecule has 0 aliphatic carbocycles. The molecule has 2 aromatic rings. The summed E-state index contributed by atoms with van der Waals surface area (Å²) in [7, 11) is 1.44. The first-order valence-electron chi connectivity index (χ1n) is 29.1. The number of unbranched alkanes of at least 4 members (excludes halogenated alkanes) is 2. The van der Waals surface area contributed by atoms with Gasteiger partial charge in [-0.05, 0) is 43.7 Å². The van der Waals surface area contributed by atoms with Crippen LogP contribution in [0.5, 0.6) is 5.75 Å². The number of hydrogen-bond acceptors (Lipinski definition) is 18. The molecule has 2 bridgehead atoms. The number of H-pyrrole nitrogens is 1. The van der Waals surface area contributed by atoms with Crippen LogP contribution < -0.4 is 47.7 Å². The van der Waals surface area contributed by atoms with Crippen LogP contribution in [0.2, 0.25) is 0 Å². The summed E-state index contributed by atoms with van der Waals surface area (Å²) in [6, 6.07) is -6.93. The van der Waals surface area contributed by atoms with Crippen LogP contribution >= 0.6 is 11.8 Å². The second kappa shape index (κ2) is 30.5. The minimum absolute atomic E-state index is 0.0120. The van der Waals surface area contributed by atoms with E-state index in [1.807, 2.05) is 0 Å². The molecule has 5 aliphatic heterocycles. The normalized spacial score (nSPS) is 26.2. The Kier molecular flexibility index (Phi) is 23.6. The molecule has 13 N–H and O–H groups in total. The van der Waals surface area contributed by atoms with Gasteiger partial charge in [-0.15, -0.1) is 0 Å². The van der Waals surface area contributed by atoms with E-state index in [0.717, 1.165) is 4.90 Å². The van der Waals surface area contributed by atoms with E-state index in [9.17, 15) is 72.9 Å². The number of nitrogens with zero attached hydrogens (tertiary/aromatic N) is 3. The van der Waals surface area contributed by atoms with Gasteiger partial charge in [0.2, 0.25) is 64.1 Å². The lowest BCUT2D eigenvalue weighted by Crippen LogP contribution is -2.62. The lowest BCUT2D eigenvalue weighted by Gasteiger charge is -2.32. The van der Waals surface area contributed by atoms with E-state index in [2.05, 4.69) is 42.2 Å². The molecule has 11 atom stereocenters. The van der Waals surface area contributed by atoms with Crippen LogP contribution in [0.4, 0.5) is 0 Å². The Balaban J connectivity index is 1.28. The molecule has 29 nitrogen and oxygen atoms in total. The molecule has 87 heavy (non-hydrogen) atoms. The predicted molar refractivity (Wildman–Crippen MR) is 312 cm³/mol. The van der Waals surface area contributed by atoms with Gasteiger partial charge in [0.25, 0.3) is 11.8 Å². The molecule has 2 saturated heterocycles. The molecule has 12 amide bonds. The molecule has 2 fully saturated rings. The first kappa shape index (κ1) is 67.2. The van der Waals surface area contributed by atoms with Crippen molar-refractivity contribution >= 4 is 105 Å². The van der Waals surface area contributed by atoms with Crippen molar-refractivity contribution in [3.8, 4) is 5.75 Å². The number of aliphatic hydroxyl groups excluding tert-OH is 3. The quantitative estimate of drug-likeness (QED) is 0.0409. The maximum absolute atomic E-state index is 15.4. The molecule has 0 spiro atoms. The van der Waals surface area contributed by atoms with E-state index < -0.39 is 176 Å². The van der Waals surface area contributed by atoms with Crippen LogP contribution in [0.15, 0.2) is 29.3 Å². The Morgan fingerprint density at radius 1 is 0.839 bits per heavy atom. The van der Waals surface area contributed by atoms with Gasteiger partial charge in [0.1, 0.15) is 41.7 Å². The number of ether oxygens (including phenoxy) is 1. The molecule has 476 valence electrons. The molecule has 1 unspecified atom stereocenters. The number of amides is 12. The highest BCUT2D eigenvalue weighted by molar-refractivity contribution is 7.99. The number of imide groups is 1. The van der Waals surface area contributed by atoms with Crippen molar-refractivity contribution in [1.29, 1.82) is 0 Å². The number of aromatic amines is 1. The first-order chi connectivity index (χ1) is 41.4. The Morgan fingerprint density at radius 2 is 1.52 bits per heavy atom. The average molecular weight is 1260 g/mol. The van der Waals surface area contributed by atoms with Gasteiger partial charge in [-0.3, -0.25) is 62.4 Å². The fourth-order valence-electron chi connectivity index (χ4n) is 11.2. The third-order valence-electron chi connectivity index (χ3n) is 16.4. The topological polar surface area (TPSA) is 434 Å². The number of aromatic nitrogens is 1. The summed E-state index contributed by atoms with van der Waals surface area (Å²) in [6.45, 7) is 2.92. The molecule has 0 saturated carbocycles. The third kappa shape index (κ3) is 16.9. The molecular formula is C56H78N12O17S2. The van der Waals surface area contributed by atoms with Crippen molar-refractivity contribution in [3.05, 3.63) is 35.4 Å². The van der Waals surface area contributed by atoms with E-state index >= 15 is 4.55 Å². The maximum atomic E-state index is 15.4. The van der Waals surface area contributed by atoms with Crippen LogP contribution in [-0.4, -0.2) is 223 Å². The molecule has 6 heterocycles. The summed E-state index contributed by atoms with van der Waals surface area (Å²) in [4.78, 5) is 171. The highest BCUT2D eigenvalue weighted by Crippen LogP contribution is 2.39. The van der Waals surface area contributed by atoms with Crippen molar-refractivity contribution in [3.63, 3.8) is 0 Å². The number of fused-ring (bicyclic) bond motifs is 5. The van der Waals surface area contributed by atoms with Crippen LogP contribution in [-0.2, 0) is 80.9 Å². The number of rotatable bonds is 17. The second-order valence-corrected chi connectivity index (χ2v) is 25.2. The highest BCUT2D eigenvalue weighted by Gasteiger charge is 2.46. The number of methoxy groups -OCH3 is 1. The van der Waals surface area contributed by atoms with Crippen LogP contribution in [0, 0.1) is 11.8 Å². The van der Waals surface area contributed by atoms with Crippen LogP contribution in [0.3, 0.4) is 0 Å². The lowest BCUT2D eigenvalue weighted by molar-refractivity contribution is -0.144. The number of likely N-dealkylation sites (tertiary alicyclic amines) is 1. The summed E-state index contributed by atoms with van der Waals surface area (Å²) >= 11 is -0.890. The molecule has 5 aliphatic rings. The number of nitrogens with one attached hydrogen (secondary N) is 8. The summed E-state index contributed by atoms with van der Waals surface area (Å²) in [6.07, 6.45) is 1.25. The standard InChI is InChI=1S/C56H78N12O17S2/c1-5-28(2)47-53(81)59-22-42(73)60-37-27-87(84)55-33(32-10-11-40(85-4)34(49(32)65-55)26-86-31-14-17-66(18-15-31)44(75)9-7-6-8-16-67-45(76)12-13-46(67)77)20-35(50(78)58-23-43(74)63-47)61-54(82)48(29(3)39(71)25-69)64-52(80)38-19-30(70)24-68(38)56(83)36(21-41(57)72)62-51(37)79/h10-13,28-31,35-39,47-48,65,69-71H,5-9,14-27H2,1-4H3,(H2,57,72)(H,58,78)(H,59,81)(H,60,73)(H,61,82)(H,62,79)(H,63,74)(H,64,80)/t28-,29-,30+,35-,36-,37-,38-,39-,47-,48-,87?/m0/s1. The summed E-state index contributed by atoms with van der Waals surface area (Å²) in [5, 5.41) is 49.7. The number of primary amides is 1. The SMILES string of the molecule is CC[C@H](C)[C@@H]1NC(=O)CNC(=O)[C@@H]2Cc3c([nH]c4c(CSC5CCN(C(=O)CCCCCN6C(=O)C=CC6=O)CC5)c(OC)ccc34)[S+]([O-])C[C@H](NC(=O)CNC1=O)C(=O)N[C@@H](CC(N)=O)C(=O)N1C[C@H](O)C[C@H]1C(=O)N[C@@H]([C@@H](C)[C@@H](O)CO)C(=O)N2. The van der Waals surface area contributed by atoms with Crippen LogP contribution in [0.1, 0.15) is 89.7 Å². The van der Waals surface area contributed by atoms with Gasteiger partial charge in [0.05, 0.1) is 51.0 Å². The number of carbonyl (C=O) groups excluding carboxylic acids is 12. The molecule has 1 aromatic carbocycles. The molecule has 7 rings (SSSR count). The number of thioether (sulfide) groups is 1. The van der Waals surface area contributed by atoms with Gasteiger partial charge in [-0.1, -0.05) is 33.6 Å². The van der Waals surface area contributed by atoms with E-state index in [0.29, 0.717) is 80.3 Å². The Morgan fingerprint density at radius 3 is 2.17 bits per heavy atom. The van der Waals surface area contributed by atoms with Crippen molar-refractivity contribution in [2.45, 2.75) is 149 Å². The van der Waals surface area contributed by atoms with Crippen molar-refractivity contribution < 1.29 is 82.1 Å². The number of nitrogens with two attached hydrogens (primary N) is 1. The molecular weight excluding hydrogens is 1180 g/mol. The average Bonchev–Trinajstić information content (AvgIpc) is 1.70. The van der Waals surface area contributed by atoms with Gasteiger partial charge in [-0.25, -0.2) is 0 Å². The highest BCUT2D eigenvalue weighted by atomic mass is 32.2. The zero-order valence-corrected chi connectivity index (χ0v) is 50.5. The fraction of sp³-hybridized carbons (Fsp3) is 0.607. The zero-order chi connectivity index (χ0) is 63.4. The smallest absolute Gasteiger partial charge is 0.253 e. The monoisotopic (exact) mass is 1250 g/mol. The molecule has 31 heteroatoms. The van der Waals surface area contributed by atoms with Crippen molar-refractivity contribution in [2.24, 2.45) is 17.6 Å². The molecule has 1 aromatic heterocycles. The van der Waals surface area contributed by atoms with Crippen molar-refractivity contribution in [2.75, 3.05) is 58.7 Å². The first-order valence-corrected chi connectivity index (χ1v) is 31.4. The zero-order valence-electron chi connectivity index (χ0n) is 48.9. The number of piperidine rings is 1. The van der Waals surface area contributed by atoms with E-state index in [-0.39, 0.29) is 45.9 Å². The number of aliphatic hydroxyl groups is 3.